The Bertz CT molecular complexity index is 1300. The van der Waals surface area contributed by atoms with Crippen LogP contribution in [0.2, 0.25) is 15.1 Å². The Morgan fingerprint density at radius 2 is 1.62 bits per heavy atom. The van der Waals surface area contributed by atoms with E-state index in [9.17, 15) is 9.90 Å². The van der Waals surface area contributed by atoms with Crippen LogP contribution in [0.3, 0.4) is 0 Å². The van der Waals surface area contributed by atoms with E-state index < -0.39 is 29.3 Å². The lowest BCUT2D eigenvalue weighted by molar-refractivity contribution is -0.202. The molecule has 1 heterocycles. The maximum Gasteiger partial charge on any atom is 0.237 e. The highest BCUT2D eigenvalue weighted by Gasteiger charge is 2.56. The van der Waals surface area contributed by atoms with E-state index in [0.29, 0.717) is 28.0 Å². The SMILES string of the molecule is C[C@H](CCNC(=O)[C@@H]1N[C@@H](c2cccc(Cl)c2)C(N)(c2ccc(Cl)cc2)[C@H]1c1cccc(Cl)c1)OC(C)(C)O. The zero-order valence-corrected chi connectivity index (χ0v) is 24.4. The van der Waals surface area contributed by atoms with E-state index in [1.807, 2.05) is 55.5 Å². The topological polar surface area (TPSA) is 96.6 Å². The van der Waals surface area contributed by atoms with Crippen LogP contribution in [0.5, 0.6) is 0 Å². The van der Waals surface area contributed by atoms with Gasteiger partial charge in [0.15, 0.2) is 5.79 Å². The number of ether oxygens (including phenoxy) is 1. The molecule has 0 saturated carbocycles. The van der Waals surface area contributed by atoms with Crippen LogP contribution >= 0.6 is 34.8 Å². The van der Waals surface area contributed by atoms with Crippen molar-refractivity contribution in [1.29, 1.82) is 0 Å². The molecule has 1 amide bonds. The van der Waals surface area contributed by atoms with Gasteiger partial charge in [-0.2, -0.15) is 0 Å². The number of nitrogens with two attached hydrogens (primary N) is 1. The molecule has 1 saturated heterocycles. The van der Waals surface area contributed by atoms with Crippen LogP contribution in [0.1, 0.15) is 55.8 Å². The standard InChI is InChI=1S/C30H34Cl3N3O3/c1-18(39-29(2,3)38)14-15-35-28(37)26-25(19-6-4-8-23(32)16-19)30(34,21-10-12-22(31)13-11-21)27(36-26)20-7-5-9-24(33)17-20/h4-13,16-18,25-27,36,38H,14-15,34H2,1-3H3,(H,35,37)/t18-,25+,26-,27+,30?/m1/s1. The van der Waals surface area contributed by atoms with E-state index in [2.05, 4.69) is 10.6 Å². The zero-order valence-electron chi connectivity index (χ0n) is 22.1. The van der Waals surface area contributed by atoms with Crippen LogP contribution in [0.15, 0.2) is 72.8 Å². The van der Waals surface area contributed by atoms with Crippen molar-refractivity contribution in [3.63, 3.8) is 0 Å². The molecule has 9 heteroatoms. The van der Waals surface area contributed by atoms with Crippen molar-refractivity contribution in [3.8, 4) is 0 Å². The van der Waals surface area contributed by atoms with Gasteiger partial charge in [0.1, 0.15) is 0 Å². The molecule has 5 N–H and O–H groups in total. The first-order valence-corrected chi connectivity index (χ1v) is 14.0. The maximum absolute atomic E-state index is 13.8. The molecule has 0 spiro atoms. The summed E-state index contributed by atoms with van der Waals surface area (Å²) in [6.45, 7) is 5.37. The second-order valence-electron chi connectivity index (χ2n) is 10.6. The minimum atomic E-state index is -1.25. The molecule has 3 aromatic rings. The molecule has 39 heavy (non-hydrogen) atoms. The van der Waals surface area contributed by atoms with Gasteiger partial charge in [-0.25, -0.2) is 0 Å². The number of rotatable bonds is 9. The molecule has 0 radical (unpaired) electrons. The van der Waals surface area contributed by atoms with Gasteiger partial charge in [0, 0.05) is 27.5 Å². The number of carbonyl (C=O) groups excluding carboxylic acids is 1. The highest BCUT2D eigenvalue weighted by molar-refractivity contribution is 6.31. The summed E-state index contributed by atoms with van der Waals surface area (Å²) in [5.74, 6) is -1.95. The van der Waals surface area contributed by atoms with Crippen LogP contribution < -0.4 is 16.4 Å². The molecule has 1 fully saturated rings. The van der Waals surface area contributed by atoms with Crippen molar-refractivity contribution in [1.82, 2.24) is 10.6 Å². The number of aliphatic hydroxyl groups is 1. The van der Waals surface area contributed by atoms with E-state index >= 15 is 0 Å². The van der Waals surface area contributed by atoms with Gasteiger partial charge in [0.2, 0.25) is 5.91 Å². The molecule has 0 aliphatic carbocycles. The second-order valence-corrected chi connectivity index (χ2v) is 11.9. The van der Waals surface area contributed by atoms with E-state index in [4.69, 9.17) is 45.3 Å². The quantitative estimate of drug-likeness (QED) is 0.232. The number of amides is 1. The van der Waals surface area contributed by atoms with E-state index in [1.54, 1.807) is 38.1 Å². The van der Waals surface area contributed by atoms with Crippen molar-refractivity contribution in [3.05, 3.63) is 105 Å². The van der Waals surface area contributed by atoms with E-state index in [1.165, 1.54) is 0 Å². The minimum absolute atomic E-state index is 0.205. The Kier molecular flexibility index (Phi) is 9.29. The summed E-state index contributed by atoms with van der Waals surface area (Å²) in [5, 5.41) is 18.2. The molecule has 3 aromatic carbocycles. The van der Waals surface area contributed by atoms with Gasteiger partial charge in [0.25, 0.3) is 0 Å². The third kappa shape index (κ3) is 6.95. The molecule has 1 aliphatic heterocycles. The molecule has 1 aliphatic rings. The number of hydrogen-bond acceptors (Lipinski definition) is 5. The first kappa shape index (κ1) is 29.8. The summed E-state index contributed by atoms with van der Waals surface area (Å²) in [5.41, 5.74) is 8.87. The first-order chi connectivity index (χ1) is 18.4. The first-order valence-electron chi connectivity index (χ1n) is 12.9. The average molecular weight is 591 g/mol. The van der Waals surface area contributed by atoms with E-state index in [0.717, 1.165) is 16.7 Å². The smallest absolute Gasteiger partial charge is 0.237 e. The highest BCUT2D eigenvalue weighted by Crippen LogP contribution is 2.51. The van der Waals surface area contributed by atoms with Gasteiger partial charge in [-0.15, -0.1) is 0 Å². The predicted octanol–water partition coefficient (Wildman–Crippen LogP) is 5.94. The van der Waals surface area contributed by atoms with Gasteiger partial charge in [0.05, 0.1) is 23.7 Å². The number of carbonyl (C=O) groups is 1. The second kappa shape index (κ2) is 12.1. The number of halogens is 3. The Labute approximate surface area is 244 Å². The number of benzene rings is 3. The molecule has 0 aromatic heterocycles. The summed E-state index contributed by atoms with van der Waals surface area (Å²) < 4.78 is 5.57. The summed E-state index contributed by atoms with van der Waals surface area (Å²) in [6, 6.07) is 21.2. The fourth-order valence-electron chi connectivity index (χ4n) is 5.47. The van der Waals surface area contributed by atoms with Crippen LogP contribution in [0, 0.1) is 0 Å². The van der Waals surface area contributed by atoms with E-state index in [-0.39, 0.29) is 12.0 Å². The normalized spacial score (nSPS) is 23.9. The fourth-order valence-corrected chi connectivity index (χ4v) is 5.99. The zero-order chi connectivity index (χ0) is 28.4. The summed E-state index contributed by atoms with van der Waals surface area (Å²) in [6.07, 6.45) is 0.264. The Morgan fingerprint density at radius 1 is 1.03 bits per heavy atom. The molecule has 6 nitrogen and oxygen atoms in total. The lowest BCUT2D eigenvalue weighted by Gasteiger charge is -2.38. The van der Waals surface area contributed by atoms with Crippen molar-refractivity contribution in [2.24, 2.45) is 5.73 Å². The van der Waals surface area contributed by atoms with Crippen LogP contribution in [0.4, 0.5) is 0 Å². The monoisotopic (exact) mass is 589 g/mol. The van der Waals surface area contributed by atoms with Crippen molar-refractivity contribution < 1.29 is 14.6 Å². The molecule has 1 unspecified atom stereocenters. The lowest BCUT2D eigenvalue weighted by atomic mass is 9.70. The minimum Gasteiger partial charge on any atom is -0.366 e. The molecule has 0 bridgehead atoms. The van der Waals surface area contributed by atoms with Crippen molar-refractivity contribution >= 4 is 40.7 Å². The predicted molar refractivity (Wildman–Crippen MR) is 157 cm³/mol. The molecule has 208 valence electrons. The molecule has 4 rings (SSSR count). The summed E-state index contributed by atoms with van der Waals surface area (Å²) >= 11 is 19.0. The van der Waals surface area contributed by atoms with Gasteiger partial charge >= 0.3 is 0 Å². The summed E-state index contributed by atoms with van der Waals surface area (Å²) in [4.78, 5) is 13.8. The van der Waals surface area contributed by atoms with Crippen LogP contribution in [-0.2, 0) is 15.1 Å². The highest BCUT2D eigenvalue weighted by atomic mass is 35.5. The Hall–Kier alpha value is -2.16. The summed E-state index contributed by atoms with van der Waals surface area (Å²) in [7, 11) is 0. The molecular formula is C30H34Cl3N3O3. The van der Waals surface area contributed by atoms with Gasteiger partial charge in [-0.05, 0) is 80.3 Å². The van der Waals surface area contributed by atoms with Crippen molar-refractivity contribution in [2.45, 2.75) is 62.6 Å². The number of hydrogen-bond donors (Lipinski definition) is 4. The third-order valence-corrected chi connectivity index (χ3v) is 7.75. The molecular weight excluding hydrogens is 557 g/mol. The van der Waals surface area contributed by atoms with Crippen LogP contribution in [-0.4, -0.2) is 35.5 Å². The Morgan fingerprint density at radius 3 is 2.21 bits per heavy atom. The fraction of sp³-hybridized carbons (Fsp3) is 0.367. The third-order valence-electron chi connectivity index (χ3n) is 7.03. The molecule has 5 atom stereocenters. The number of nitrogens with one attached hydrogen (secondary N) is 2. The van der Waals surface area contributed by atoms with Gasteiger partial charge in [-0.1, -0.05) is 71.2 Å². The average Bonchev–Trinajstić information content (AvgIpc) is 3.17. The van der Waals surface area contributed by atoms with Crippen molar-refractivity contribution in [2.75, 3.05) is 6.54 Å². The lowest BCUT2D eigenvalue weighted by Crippen LogP contribution is -2.48. The van der Waals surface area contributed by atoms with Crippen LogP contribution in [0.25, 0.3) is 0 Å². The Balaban J connectivity index is 1.74. The van der Waals surface area contributed by atoms with Gasteiger partial charge in [-0.3, -0.25) is 10.1 Å². The van der Waals surface area contributed by atoms with Gasteiger partial charge < -0.3 is 20.9 Å². The maximum atomic E-state index is 13.8. The largest absolute Gasteiger partial charge is 0.366 e.